The first-order chi connectivity index (χ1) is 14.3. The summed E-state index contributed by atoms with van der Waals surface area (Å²) < 4.78 is 48.7. The van der Waals surface area contributed by atoms with Gasteiger partial charge in [0.05, 0.1) is 12.7 Å². The lowest BCUT2D eigenvalue weighted by Gasteiger charge is -2.31. The summed E-state index contributed by atoms with van der Waals surface area (Å²) in [5, 5.41) is 7.63. The Labute approximate surface area is 168 Å². The van der Waals surface area contributed by atoms with E-state index in [1.807, 2.05) is 0 Å². The highest BCUT2D eigenvalue weighted by atomic mass is 19.4. The van der Waals surface area contributed by atoms with Gasteiger partial charge >= 0.3 is 6.18 Å². The van der Waals surface area contributed by atoms with Gasteiger partial charge < -0.3 is 4.74 Å². The van der Waals surface area contributed by atoms with Gasteiger partial charge in [0, 0.05) is 24.8 Å². The summed E-state index contributed by atoms with van der Waals surface area (Å²) in [6, 6.07) is 2.92. The molecule has 4 rings (SSSR count). The van der Waals surface area contributed by atoms with Gasteiger partial charge in [-0.3, -0.25) is 9.59 Å². The maximum atomic E-state index is 13.9. The van der Waals surface area contributed by atoms with Crippen molar-refractivity contribution in [1.29, 1.82) is 0 Å². The lowest BCUT2D eigenvalue weighted by Crippen LogP contribution is -2.29. The van der Waals surface area contributed by atoms with Crippen molar-refractivity contribution in [2.45, 2.75) is 31.4 Å². The van der Waals surface area contributed by atoms with E-state index in [2.05, 4.69) is 15.2 Å². The third-order valence-corrected chi connectivity index (χ3v) is 5.03. The Morgan fingerprint density at radius 2 is 1.60 bits per heavy atom. The van der Waals surface area contributed by atoms with Crippen molar-refractivity contribution in [2.75, 3.05) is 7.11 Å². The monoisotopic (exact) mass is 419 g/mol. The maximum Gasteiger partial charge on any atom is 0.434 e. The number of hydrogen-bond donors (Lipinski definition) is 0. The molecule has 0 spiro atoms. The van der Waals surface area contributed by atoms with E-state index in [0.29, 0.717) is 12.8 Å². The van der Waals surface area contributed by atoms with Crippen molar-refractivity contribution >= 4 is 11.8 Å². The molecule has 3 aromatic rings. The van der Waals surface area contributed by atoms with Gasteiger partial charge in [0.15, 0.2) is 5.69 Å². The van der Waals surface area contributed by atoms with E-state index < -0.39 is 41.0 Å². The van der Waals surface area contributed by atoms with E-state index in [-0.39, 0.29) is 11.1 Å². The van der Waals surface area contributed by atoms with Gasteiger partial charge in [0.25, 0.3) is 11.8 Å². The molecule has 1 fully saturated rings. The number of rotatable bonds is 4. The number of halogens is 3. The molecular formula is C19H16F3N5O3. The van der Waals surface area contributed by atoms with Crippen molar-refractivity contribution < 1.29 is 27.5 Å². The van der Waals surface area contributed by atoms with Crippen LogP contribution in [0.3, 0.4) is 0 Å². The van der Waals surface area contributed by atoms with Gasteiger partial charge in [-0.2, -0.15) is 23.4 Å². The van der Waals surface area contributed by atoms with Gasteiger partial charge in [0.1, 0.15) is 5.56 Å². The molecule has 0 unspecified atom stereocenters. The Hall–Kier alpha value is -3.50. The fourth-order valence-corrected chi connectivity index (χ4v) is 3.47. The van der Waals surface area contributed by atoms with Crippen LogP contribution in [0.25, 0.3) is 0 Å². The third-order valence-electron chi connectivity index (χ3n) is 5.03. The minimum atomic E-state index is -4.95. The number of methoxy groups -OCH3 is 1. The zero-order chi connectivity index (χ0) is 21.5. The fraction of sp³-hybridized carbons (Fsp3) is 0.316. The van der Waals surface area contributed by atoms with E-state index in [1.54, 1.807) is 0 Å². The molecule has 0 aliphatic heterocycles. The predicted molar refractivity (Wildman–Crippen MR) is 96.3 cm³/mol. The summed E-state index contributed by atoms with van der Waals surface area (Å²) in [6.07, 6.45) is 2.12. The normalized spacial score (nSPS) is 14.4. The number of ether oxygens (including phenoxy) is 1. The maximum absolute atomic E-state index is 13.9. The lowest BCUT2D eigenvalue weighted by molar-refractivity contribution is -0.141. The van der Waals surface area contributed by atoms with Crippen molar-refractivity contribution in [3.05, 3.63) is 59.3 Å². The van der Waals surface area contributed by atoms with Crippen molar-refractivity contribution in [3.8, 4) is 5.88 Å². The first-order valence-electron chi connectivity index (χ1n) is 9.10. The van der Waals surface area contributed by atoms with Crippen molar-refractivity contribution in [1.82, 2.24) is 24.5 Å². The Morgan fingerprint density at radius 3 is 2.00 bits per heavy atom. The average Bonchev–Trinajstić information content (AvgIpc) is 3.37. The van der Waals surface area contributed by atoms with Gasteiger partial charge in [-0.15, -0.1) is 0 Å². The molecule has 0 amide bonds. The Morgan fingerprint density at radius 1 is 1.03 bits per heavy atom. The van der Waals surface area contributed by atoms with Crippen LogP contribution in [0.1, 0.15) is 57.2 Å². The highest BCUT2D eigenvalue weighted by Crippen LogP contribution is 2.45. The number of alkyl halides is 3. The molecule has 1 aliphatic carbocycles. The summed E-state index contributed by atoms with van der Waals surface area (Å²) in [7, 11) is 1.13. The second-order valence-corrected chi connectivity index (χ2v) is 6.77. The number of carbonyl (C=O) groups excluding carboxylic acids is 2. The van der Waals surface area contributed by atoms with Crippen molar-refractivity contribution in [3.63, 3.8) is 0 Å². The lowest BCUT2D eigenvalue weighted by atomic mass is 9.75. The van der Waals surface area contributed by atoms with Gasteiger partial charge in [0.2, 0.25) is 5.88 Å². The molecule has 3 heterocycles. The molecule has 0 saturated heterocycles. The second kappa shape index (κ2) is 7.39. The smallest absolute Gasteiger partial charge is 0.434 e. The standard InChI is InChI=1S/C19H16F3N5O3/c1-30-16-14(18(29)27-10-4-8-24-27)12(11-5-2-6-11)13(15(25-16)19(20,21)22)17(28)26-9-3-7-23-26/h3-4,7-11H,2,5-6H2,1H3. The molecule has 156 valence electrons. The largest absolute Gasteiger partial charge is 0.480 e. The number of carbonyl (C=O) groups is 2. The topological polar surface area (TPSA) is 91.9 Å². The number of nitrogens with zero attached hydrogens (tertiary/aromatic N) is 5. The van der Waals surface area contributed by atoms with E-state index in [1.165, 1.54) is 36.9 Å². The van der Waals surface area contributed by atoms with Crippen LogP contribution in [0.2, 0.25) is 0 Å². The van der Waals surface area contributed by atoms with Gasteiger partial charge in [-0.05, 0) is 36.5 Å². The second-order valence-electron chi connectivity index (χ2n) is 6.77. The molecule has 0 bridgehead atoms. The summed E-state index contributed by atoms with van der Waals surface area (Å²) in [5.74, 6) is -2.66. The van der Waals surface area contributed by atoms with Crippen LogP contribution in [0.4, 0.5) is 13.2 Å². The molecule has 0 aromatic carbocycles. The van der Waals surface area contributed by atoms with Gasteiger partial charge in [-0.1, -0.05) is 6.42 Å². The average molecular weight is 419 g/mol. The van der Waals surface area contributed by atoms with Crippen LogP contribution < -0.4 is 4.74 Å². The minimum absolute atomic E-state index is 0.0265. The number of aromatic nitrogens is 5. The molecule has 0 radical (unpaired) electrons. The molecule has 0 N–H and O–H groups in total. The fourth-order valence-electron chi connectivity index (χ4n) is 3.47. The van der Waals surface area contributed by atoms with Gasteiger partial charge in [-0.25, -0.2) is 14.3 Å². The minimum Gasteiger partial charge on any atom is -0.480 e. The van der Waals surface area contributed by atoms with E-state index in [0.717, 1.165) is 22.9 Å². The van der Waals surface area contributed by atoms with Crippen LogP contribution >= 0.6 is 0 Å². The molecule has 1 saturated carbocycles. The molecular weight excluding hydrogens is 403 g/mol. The number of hydrogen-bond acceptors (Lipinski definition) is 6. The third kappa shape index (κ3) is 3.25. The highest BCUT2D eigenvalue weighted by molar-refractivity contribution is 6.05. The van der Waals surface area contributed by atoms with Crippen molar-refractivity contribution in [2.24, 2.45) is 0 Å². The molecule has 30 heavy (non-hydrogen) atoms. The molecule has 8 nitrogen and oxygen atoms in total. The van der Waals surface area contributed by atoms with Crippen LogP contribution in [0.5, 0.6) is 5.88 Å². The predicted octanol–water partition coefficient (Wildman–Crippen LogP) is 3.15. The zero-order valence-corrected chi connectivity index (χ0v) is 15.8. The number of pyridine rings is 1. The first kappa shape index (κ1) is 19.8. The zero-order valence-electron chi connectivity index (χ0n) is 15.8. The van der Waals surface area contributed by atoms with Crippen LogP contribution in [0.15, 0.2) is 36.9 Å². The summed E-state index contributed by atoms with van der Waals surface area (Å²) in [4.78, 5) is 29.8. The summed E-state index contributed by atoms with van der Waals surface area (Å²) in [5.41, 5.74) is -2.32. The van der Waals surface area contributed by atoms with Crippen LogP contribution in [0, 0.1) is 0 Å². The molecule has 11 heteroatoms. The summed E-state index contributed by atoms with van der Waals surface area (Å²) in [6.45, 7) is 0. The Kier molecular flexibility index (Phi) is 4.88. The molecule has 3 aromatic heterocycles. The van der Waals surface area contributed by atoms with Crippen LogP contribution in [-0.2, 0) is 6.18 Å². The SMILES string of the molecule is COc1nc(C(F)(F)F)c(C(=O)n2cccn2)c(C2CCC2)c1C(=O)n1cccn1. The Balaban J connectivity index is 2.06. The van der Waals surface area contributed by atoms with E-state index in [4.69, 9.17) is 4.74 Å². The van der Waals surface area contributed by atoms with E-state index >= 15 is 0 Å². The Bertz CT molecular complexity index is 1090. The quantitative estimate of drug-likeness (QED) is 0.645. The summed E-state index contributed by atoms with van der Waals surface area (Å²) >= 11 is 0. The van der Waals surface area contributed by atoms with E-state index in [9.17, 15) is 22.8 Å². The highest BCUT2D eigenvalue weighted by Gasteiger charge is 2.44. The molecule has 1 aliphatic rings. The first-order valence-corrected chi connectivity index (χ1v) is 9.10. The van der Waals surface area contributed by atoms with Crippen LogP contribution in [-0.4, -0.2) is 43.5 Å². The molecule has 0 atom stereocenters.